The zero-order valence-electron chi connectivity index (χ0n) is 15.9. The highest BCUT2D eigenvalue weighted by molar-refractivity contribution is 7.89. The Hall–Kier alpha value is -1.55. The van der Waals surface area contributed by atoms with E-state index in [0.29, 0.717) is 31.7 Å². The third-order valence-electron chi connectivity index (χ3n) is 4.39. The fourth-order valence-electron chi connectivity index (χ4n) is 2.81. The second-order valence-corrected chi connectivity index (χ2v) is 8.22. The number of carbonyl (C=O) groups excluding carboxylic acids is 1. The Balaban J connectivity index is 0.00000364. The van der Waals surface area contributed by atoms with Crippen LogP contribution in [-0.2, 0) is 14.8 Å². The second kappa shape index (κ2) is 10.1. The topological polar surface area (TPSA) is 102 Å². The molecule has 0 bridgehead atoms. The van der Waals surface area contributed by atoms with Crippen LogP contribution in [0.3, 0.4) is 0 Å². The Labute approximate surface area is 167 Å². The lowest BCUT2D eigenvalue weighted by atomic mass is 10.2. The Kier molecular flexibility index (Phi) is 8.80. The van der Waals surface area contributed by atoms with Crippen LogP contribution in [0.15, 0.2) is 23.1 Å². The molecule has 0 spiro atoms. The van der Waals surface area contributed by atoms with Crippen molar-refractivity contribution < 1.29 is 22.7 Å². The number of rotatable bonds is 7. The van der Waals surface area contributed by atoms with Gasteiger partial charge in [0.15, 0.2) is 0 Å². The summed E-state index contributed by atoms with van der Waals surface area (Å²) in [6, 6.07) is 4.64. The van der Waals surface area contributed by atoms with E-state index in [1.807, 2.05) is 6.92 Å². The van der Waals surface area contributed by atoms with Crippen molar-refractivity contribution in [3.05, 3.63) is 18.2 Å². The van der Waals surface area contributed by atoms with Gasteiger partial charge in [-0.05, 0) is 25.5 Å². The van der Waals surface area contributed by atoms with E-state index in [9.17, 15) is 13.2 Å². The number of nitrogens with two attached hydrogens (primary N) is 1. The van der Waals surface area contributed by atoms with Gasteiger partial charge in [0.2, 0.25) is 15.9 Å². The van der Waals surface area contributed by atoms with Crippen LogP contribution in [0, 0.1) is 0 Å². The van der Waals surface area contributed by atoms with Crippen LogP contribution in [0.2, 0.25) is 0 Å². The molecule has 1 atom stereocenters. The predicted octanol–water partition coefficient (Wildman–Crippen LogP) is 1.09. The summed E-state index contributed by atoms with van der Waals surface area (Å²) in [5.74, 6) is 0.716. The minimum absolute atomic E-state index is 0. The van der Waals surface area contributed by atoms with Crippen LogP contribution in [0.5, 0.6) is 11.5 Å². The minimum Gasteiger partial charge on any atom is -0.497 e. The smallest absolute Gasteiger partial charge is 0.247 e. The van der Waals surface area contributed by atoms with E-state index in [1.54, 1.807) is 17.0 Å². The molecule has 10 heteroatoms. The summed E-state index contributed by atoms with van der Waals surface area (Å²) in [6.45, 7) is 3.07. The number of carbonyl (C=O) groups is 1. The summed E-state index contributed by atoms with van der Waals surface area (Å²) in [5.41, 5.74) is 5.68. The molecule has 1 aliphatic rings. The van der Waals surface area contributed by atoms with Gasteiger partial charge in [0.05, 0.1) is 14.2 Å². The monoisotopic (exact) mass is 421 g/mol. The van der Waals surface area contributed by atoms with Gasteiger partial charge < -0.3 is 20.1 Å². The van der Waals surface area contributed by atoms with Crippen molar-refractivity contribution >= 4 is 28.3 Å². The zero-order valence-corrected chi connectivity index (χ0v) is 17.5. The molecule has 0 aliphatic carbocycles. The highest BCUT2D eigenvalue weighted by Gasteiger charge is 2.32. The first-order valence-electron chi connectivity index (χ1n) is 8.55. The van der Waals surface area contributed by atoms with Crippen molar-refractivity contribution in [1.82, 2.24) is 9.21 Å². The lowest BCUT2D eigenvalue weighted by Crippen LogP contribution is -2.50. The highest BCUT2D eigenvalue weighted by Crippen LogP contribution is 2.31. The molecule has 1 aromatic rings. The first-order valence-corrected chi connectivity index (χ1v) is 9.99. The molecule has 2 N–H and O–H groups in total. The summed E-state index contributed by atoms with van der Waals surface area (Å²) in [4.78, 5) is 13.9. The van der Waals surface area contributed by atoms with Crippen LogP contribution in [0.1, 0.15) is 19.8 Å². The quantitative estimate of drug-likeness (QED) is 0.706. The summed E-state index contributed by atoms with van der Waals surface area (Å²) in [7, 11) is -0.838. The summed E-state index contributed by atoms with van der Waals surface area (Å²) in [6.07, 6.45) is 1.01. The second-order valence-electron chi connectivity index (χ2n) is 6.32. The first kappa shape index (κ1) is 23.5. The minimum atomic E-state index is -3.74. The fraction of sp³-hybridized carbons (Fsp3) is 0.588. The van der Waals surface area contributed by atoms with Gasteiger partial charge in [0.25, 0.3) is 0 Å². The number of halogens is 1. The van der Waals surface area contributed by atoms with Crippen molar-refractivity contribution in [2.45, 2.75) is 30.7 Å². The number of hydrogen-bond acceptors (Lipinski definition) is 6. The zero-order chi connectivity index (χ0) is 19.3. The SMILES string of the molecule is COc1ccc(OC)c(S(=O)(=O)N2CCN(C(=O)CCC(C)N)CC2)c1.Cl. The van der Waals surface area contributed by atoms with E-state index < -0.39 is 10.0 Å². The van der Waals surface area contributed by atoms with Crippen molar-refractivity contribution in [3.63, 3.8) is 0 Å². The third-order valence-corrected chi connectivity index (χ3v) is 6.31. The molecule has 154 valence electrons. The highest BCUT2D eigenvalue weighted by atomic mass is 35.5. The van der Waals surface area contributed by atoms with E-state index in [-0.39, 0.29) is 48.1 Å². The first-order chi connectivity index (χ1) is 12.3. The average molecular weight is 422 g/mol. The van der Waals surface area contributed by atoms with Crippen LogP contribution in [0.25, 0.3) is 0 Å². The largest absolute Gasteiger partial charge is 0.497 e. The van der Waals surface area contributed by atoms with E-state index >= 15 is 0 Å². The van der Waals surface area contributed by atoms with E-state index in [4.69, 9.17) is 15.2 Å². The summed E-state index contributed by atoms with van der Waals surface area (Å²) >= 11 is 0. The molecule has 2 rings (SSSR count). The van der Waals surface area contributed by atoms with Crippen molar-refractivity contribution in [1.29, 1.82) is 0 Å². The lowest BCUT2D eigenvalue weighted by molar-refractivity contribution is -0.132. The molecule has 27 heavy (non-hydrogen) atoms. The maximum atomic E-state index is 13.0. The van der Waals surface area contributed by atoms with Crippen LogP contribution in [-0.4, -0.2) is 70.0 Å². The van der Waals surface area contributed by atoms with Gasteiger partial charge in [0.1, 0.15) is 16.4 Å². The van der Waals surface area contributed by atoms with Gasteiger partial charge in [-0.1, -0.05) is 0 Å². The number of amides is 1. The molecule has 1 aromatic carbocycles. The van der Waals surface area contributed by atoms with Crippen molar-refractivity contribution in [3.8, 4) is 11.5 Å². The molecule has 8 nitrogen and oxygen atoms in total. The standard InChI is InChI=1S/C17H27N3O5S.ClH/c1-13(18)4-7-17(21)19-8-10-20(11-9-19)26(22,23)16-12-14(24-2)5-6-15(16)25-3;/h5-6,12-13H,4,7-11,18H2,1-3H3;1H. The van der Waals surface area contributed by atoms with Gasteiger partial charge in [-0.15, -0.1) is 12.4 Å². The lowest BCUT2D eigenvalue weighted by Gasteiger charge is -2.34. The molecule has 1 saturated heterocycles. The molecule has 0 saturated carbocycles. The van der Waals surface area contributed by atoms with Crippen LogP contribution >= 0.6 is 12.4 Å². The molecule has 0 aromatic heterocycles. The van der Waals surface area contributed by atoms with Crippen molar-refractivity contribution in [2.75, 3.05) is 40.4 Å². The maximum Gasteiger partial charge on any atom is 0.247 e. The molecular weight excluding hydrogens is 394 g/mol. The van der Waals surface area contributed by atoms with Gasteiger partial charge in [-0.2, -0.15) is 4.31 Å². The number of benzene rings is 1. The Bertz CT molecular complexity index is 734. The number of sulfonamides is 1. The predicted molar refractivity (Wildman–Crippen MR) is 105 cm³/mol. The Morgan fingerprint density at radius 3 is 2.33 bits per heavy atom. The summed E-state index contributed by atoms with van der Waals surface area (Å²) < 4.78 is 37.7. The maximum absolute atomic E-state index is 13.0. The normalized spacial score (nSPS) is 16.4. The average Bonchev–Trinajstić information content (AvgIpc) is 2.65. The number of ether oxygens (including phenoxy) is 2. The number of methoxy groups -OCH3 is 2. The summed E-state index contributed by atoms with van der Waals surface area (Å²) in [5, 5.41) is 0. The molecule has 1 fully saturated rings. The molecule has 1 unspecified atom stereocenters. The number of nitrogens with zero attached hydrogens (tertiary/aromatic N) is 2. The van der Waals surface area contributed by atoms with E-state index in [1.165, 1.54) is 24.6 Å². The van der Waals surface area contributed by atoms with Crippen LogP contribution in [0.4, 0.5) is 0 Å². The third kappa shape index (κ3) is 5.71. The van der Waals surface area contributed by atoms with Gasteiger partial charge in [-0.3, -0.25) is 4.79 Å². The van der Waals surface area contributed by atoms with Gasteiger partial charge in [0, 0.05) is 44.7 Å². The fourth-order valence-corrected chi connectivity index (χ4v) is 4.40. The van der Waals surface area contributed by atoms with E-state index in [0.717, 1.165) is 0 Å². The molecule has 1 aliphatic heterocycles. The molecule has 1 heterocycles. The number of hydrogen-bond donors (Lipinski definition) is 1. The van der Waals surface area contributed by atoms with Gasteiger partial charge in [-0.25, -0.2) is 8.42 Å². The van der Waals surface area contributed by atoms with E-state index in [2.05, 4.69) is 0 Å². The Morgan fingerprint density at radius 2 is 1.81 bits per heavy atom. The van der Waals surface area contributed by atoms with Crippen molar-refractivity contribution in [2.24, 2.45) is 5.73 Å². The van der Waals surface area contributed by atoms with Gasteiger partial charge >= 0.3 is 0 Å². The Morgan fingerprint density at radius 1 is 1.19 bits per heavy atom. The molecular formula is C17H28ClN3O5S. The molecule has 0 radical (unpaired) electrons. The number of piperazine rings is 1. The van der Waals surface area contributed by atoms with Crippen LogP contribution < -0.4 is 15.2 Å². The molecule has 1 amide bonds.